The van der Waals surface area contributed by atoms with E-state index in [1.165, 1.54) is 11.1 Å². The molecule has 0 fully saturated rings. The summed E-state index contributed by atoms with van der Waals surface area (Å²) in [4.78, 5) is 10.8. The van der Waals surface area contributed by atoms with Crippen LogP contribution in [0.1, 0.15) is 57.2 Å². The van der Waals surface area contributed by atoms with Crippen molar-refractivity contribution < 1.29 is 14.3 Å². The maximum absolute atomic E-state index is 10.8. The molecule has 3 heteroatoms. The van der Waals surface area contributed by atoms with Gasteiger partial charge in [0.2, 0.25) is 0 Å². The third-order valence-corrected chi connectivity index (χ3v) is 5.22. The second-order valence-electron chi connectivity index (χ2n) is 7.01. The van der Waals surface area contributed by atoms with Crippen molar-refractivity contribution in [1.82, 2.24) is 0 Å². The highest BCUT2D eigenvalue weighted by Gasteiger charge is 2.47. The Morgan fingerprint density at radius 3 is 2.38 bits per heavy atom. The van der Waals surface area contributed by atoms with Crippen molar-refractivity contribution >= 4 is 6.47 Å². The molecular weight excluding hydrogens is 264 g/mol. The van der Waals surface area contributed by atoms with Gasteiger partial charge in [0.15, 0.2) is 11.5 Å². The summed E-state index contributed by atoms with van der Waals surface area (Å²) < 4.78 is 10.9. The SMILES string of the molecule is COc1c(OC=O)c(C)cc2c1C(C)(C)C(C)C2C(C)C. The predicted molar refractivity (Wildman–Crippen MR) is 84.2 cm³/mol. The first-order valence-electron chi connectivity index (χ1n) is 7.59. The fourth-order valence-electron chi connectivity index (χ4n) is 3.99. The average molecular weight is 290 g/mol. The summed E-state index contributed by atoms with van der Waals surface area (Å²) in [6.45, 7) is 13.8. The minimum atomic E-state index is -0.00962. The monoisotopic (exact) mass is 290 g/mol. The number of rotatable bonds is 4. The molecule has 0 radical (unpaired) electrons. The van der Waals surface area contributed by atoms with E-state index in [2.05, 4.69) is 40.7 Å². The van der Waals surface area contributed by atoms with E-state index >= 15 is 0 Å². The summed E-state index contributed by atoms with van der Waals surface area (Å²) in [5.74, 6) is 2.83. The molecule has 1 aliphatic rings. The second-order valence-corrected chi connectivity index (χ2v) is 7.01. The van der Waals surface area contributed by atoms with E-state index in [0.717, 1.165) is 11.3 Å². The van der Waals surface area contributed by atoms with Crippen molar-refractivity contribution in [3.8, 4) is 11.5 Å². The van der Waals surface area contributed by atoms with Gasteiger partial charge in [-0.25, -0.2) is 0 Å². The number of ether oxygens (including phenoxy) is 2. The third kappa shape index (κ3) is 2.23. The summed E-state index contributed by atoms with van der Waals surface area (Å²) in [6, 6.07) is 2.17. The molecule has 2 rings (SSSR count). The van der Waals surface area contributed by atoms with Gasteiger partial charge >= 0.3 is 0 Å². The lowest BCUT2D eigenvalue weighted by atomic mass is 9.74. The number of fused-ring (bicyclic) bond motifs is 1. The third-order valence-electron chi connectivity index (χ3n) is 5.22. The molecule has 2 unspecified atom stereocenters. The van der Waals surface area contributed by atoms with Crippen molar-refractivity contribution in [3.05, 3.63) is 22.8 Å². The van der Waals surface area contributed by atoms with E-state index in [0.29, 0.717) is 30.0 Å². The molecule has 1 aromatic rings. The Bertz CT molecular complexity index is 558. The Morgan fingerprint density at radius 2 is 1.90 bits per heavy atom. The highest BCUT2D eigenvalue weighted by atomic mass is 16.5. The number of aryl methyl sites for hydroxylation is 1. The van der Waals surface area contributed by atoms with Crippen LogP contribution in [0.3, 0.4) is 0 Å². The molecule has 1 aromatic carbocycles. The van der Waals surface area contributed by atoms with E-state index in [-0.39, 0.29) is 5.41 Å². The molecule has 0 aliphatic heterocycles. The standard InChI is InChI=1S/C18H26O3/c1-10(2)14-12(4)18(5,6)15-13(14)8-11(3)16(21-9-19)17(15)20-7/h8-10,12,14H,1-7H3. The molecule has 3 nitrogen and oxygen atoms in total. The lowest BCUT2D eigenvalue weighted by molar-refractivity contribution is -0.120. The van der Waals surface area contributed by atoms with Gasteiger partial charge in [-0.3, -0.25) is 4.79 Å². The number of hydrogen-bond acceptors (Lipinski definition) is 3. The van der Waals surface area contributed by atoms with Crippen LogP contribution in [0.15, 0.2) is 6.07 Å². The van der Waals surface area contributed by atoms with Gasteiger partial charge in [0.1, 0.15) is 0 Å². The quantitative estimate of drug-likeness (QED) is 0.779. The van der Waals surface area contributed by atoms with Crippen LogP contribution in [-0.2, 0) is 10.2 Å². The number of benzene rings is 1. The molecule has 116 valence electrons. The van der Waals surface area contributed by atoms with Gasteiger partial charge in [-0.05, 0) is 41.2 Å². The van der Waals surface area contributed by atoms with Gasteiger partial charge < -0.3 is 9.47 Å². The molecule has 0 amide bonds. The Kier molecular flexibility index (Phi) is 4.05. The molecular formula is C18H26O3. The fraction of sp³-hybridized carbons (Fsp3) is 0.611. The lowest BCUT2D eigenvalue weighted by Crippen LogP contribution is -2.25. The summed E-state index contributed by atoms with van der Waals surface area (Å²) in [7, 11) is 1.65. The fourth-order valence-corrected chi connectivity index (χ4v) is 3.99. The molecule has 0 bridgehead atoms. The normalized spacial score (nSPS) is 23.0. The minimum Gasteiger partial charge on any atom is -0.493 e. The van der Waals surface area contributed by atoms with Crippen LogP contribution in [0.2, 0.25) is 0 Å². The van der Waals surface area contributed by atoms with Crippen LogP contribution >= 0.6 is 0 Å². The zero-order chi connectivity index (χ0) is 15.9. The highest BCUT2D eigenvalue weighted by Crippen LogP contribution is 2.58. The molecule has 0 N–H and O–H groups in total. The van der Waals surface area contributed by atoms with Crippen LogP contribution in [0.25, 0.3) is 0 Å². The molecule has 0 heterocycles. The molecule has 0 aromatic heterocycles. The minimum absolute atomic E-state index is 0.00962. The lowest BCUT2D eigenvalue weighted by Gasteiger charge is -2.30. The zero-order valence-electron chi connectivity index (χ0n) is 14.1. The first-order chi connectivity index (χ1) is 9.77. The Balaban J connectivity index is 2.78. The summed E-state index contributed by atoms with van der Waals surface area (Å²) in [5, 5.41) is 0. The van der Waals surface area contributed by atoms with E-state index < -0.39 is 0 Å². The maximum Gasteiger partial charge on any atom is 0.298 e. The number of methoxy groups -OCH3 is 1. The summed E-state index contributed by atoms with van der Waals surface area (Å²) in [6.07, 6.45) is 0. The number of carbonyl (C=O) groups is 1. The largest absolute Gasteiger partial charge is 0.493 e. The number of hydrogen-bond donors (Lipinski definition) is 0. The zero-order valence-corrected chi connectivity index (χ0v) is 14.1. The van der Waals surface area contributed by atoms with Gasteiger partial charge in [0.25, 0.3) is 6.47 Å². The predicted octanol–water partition coefficient (Wildman–Crippen LogP) is 4.21. The summed E-state index contributed by atoms with van der Waals surface area (Å²) in [5.41, 5.74) is 3.48. The van der Waals surface area contributed by atoms with E-state index in [1.54, 1.807) is 7.11 Å². The van der Waals surface area contributed by atoms with Gasteiger partial charge in [0.05, 0.1) is 7.11 Å². The summed E-state index contributed by atoms with van der Waals surface area (Å²) >= 11 is 0. The maximum atomic E-state index is 10.8. The topological polar surface area (TPSA) is 35.5 Å². The van der Waals surface area contributed by atoms with Gasteiger partial charge in [-0.15, -0.1) is 0 Å². The van der Waals surface area contributed by atoms with Crippen LogP contribution in [0, 0.1) is 18.8 Å². The van der Waals surface area contributed by atoms with Crippen LogP contribution in [0.4, 0.5) is 0 Å². The van der Waals surface area contributed by atoms with E-state index in [9.17, 15) is 4.79 Å². The molecule has 0 spiro atoms. The molecule has 0 saturated carbocycles. The van der Waals surface area contributed by atoms with Crippen molar-refractivity contribution in [3.63, 3.8) is 0 Å². The highest BCUT2D eigenvalue weighted by molar-refractivity contribution is 5.64. The van der Waals surface area contributed by atoms with Gasteiger partial charge in [-0.2, -0.15) is 0 Å². The molecule has 21 heavy (non-hydrogen) atoms. The smallest absolute Gasteiger partial charge is 0.298 e. The number of carbonyl (C=O) groups excluding carboxylic acids is 1. The Morgan fingerprint density at radius 1 is 1.29 bits per heavy atom. The Labute approximate surface area is 127 Å². The van der Waals surface area contributed by atoms with Crippen LogP contribution < -0.4 is 9.47 Å². The Hall–Kier alpha value is -1.51. The van der Waals surface area contributed by atoms with Crippen LogP contribution in [0.5, 0.6) is 11.5 Å². The molecule has 2 atom stereocenters. The van der Waals surface area contributed by atoms with Crippen LogP contribution in [-0.4, -0.2) is 13.6 Å². The first-order valence-corrected chi connectivity index (χ1v) is 7.59. The molecule has 0 saturated heterocycles. The first kappa shape index (κ1) is 15.9. The van der Waals surface area contributed by atoms with Crippen molar-refractivity contribution in [2.45, 2.75) is 52.9 Å². The van der Waals surface area contributed by atoms with Crippen molar-refractivity contribution in [2.75, 3.05) is 7.11 Å². The van der Waals surface area contributed by atoms with E-state index in [4.69, 9.17) is 9.47 Å². The van der Waals surface area contributed by atoms with Gasteiger partial charge in [-0.1, -0.05) is 40.7 Å². The van der Waals surface area contributed by atoms with E-state index in [1.807, 2.05) is 6.92 Å². The van der Waals surface area contributed by atoms with Crippen molar-refractivity contribution in [1.29, 1.82) is 0 Å². The van der Waals surface area contributed by atoms with Crippen molar-refractivity contribution in [2.24, 2.45) is 11.8 Å². The average Bonchev–Trinajstić information content (AvgIpc) is 2.59. The molecule has 1 aliphatic carbocycles. The van der Waals surface area contributed by atoms with Gasteiger partial charge in [0, 0.05) is 5.56 Å². The second kappa shape index (κ2) is 5.36.